The number of nitrogens with two attached hydrogens (primary N) is 4. The molecule has 12 aromatic rings. The van der Waals surface area contributed by atoms with E-state index in [0.29, 0.717) is 22.7 Å². The van der Waals surface area contributed by atoms with Crippen LogP contribution in [0.25, 0.3) is 43.7 Å². The molecule has 0 aliphatic carbocycles. The van der Waals surface area contributed by atoms with E-state index in [2.05, 4.69) is 130 Å². The highest BCUT2D eigenvalue weighted by Gasteiger charge is 1.97. The summed E-state index contributed by atoms with van der Waals surface area (Å²) in [6, 6.07) is 30.5. The van der Waals surface area contributed by atoms with Gasteiger partial charge in [0.15, 0.2) is 5.13 Å². The van der Waals surface area contributed by atoms with Crippen LogP contribution < -0.4 is 22.9 Å². The molecule has 0 radical (unpaired) electrons. The van der Waals surface area contributed by atoms with Gasteiger partial charge >= 0.3 is 0 Å². The first-order chi connectivity index (χ1) is 34.5. The van der Waals surface area contributed by atoms with E-state index in [9.17, 15) is 0 Å². The van der Waals surface area contributed by atoms with Crippen molar-refractivity contribution in [3.63, 3.8) is 0 Å². The van der Waals surface area contributed by atoms with Gasteiger partial charge in [-0.15, -0.1) is 11.3 Å². The zero-order chi connectivity index (χ0) is 52.0. The molecule has 0 spiro atoms. The van der Waals surface area contributed by atoms with Crippen molar-refractivity contribution >= 4 is 77.8 Å². The fourth-order valence-electron chi connectivity index (χ4n) is 6.30. The van der Waals surface area contributed by atoms with Crippen molar-refractivity contribution < 1.29 is 0 Å². The fourth-order valence-corrected chi connectivity index (χ4v) is 6.84. The van der Waals surface area contributed by atoms with Gasteiger partial charge in [-0.1, -0.05) is 41.5 Å². The Bertz CT molecular complexity index is 3200. The summed E-state index contributed by atoms with van der Waals surface area (Å²) >= 11 is 1.51. The number of nitrogen functional groups attached to an aromatic ring is 4. The summed E-state index contributed by atoms with van der Waals surface area (Å²) in [4.78, 5) is 30.6. The van der Waals surface area contributed by atoms with Gasteiger partial charge in [-0.2, -0.15) is 10.2 Å². The number of aromatic amines is 4. The highest BCUT2D eigenvalue weighted by atomic mass is 32.1. The number of nitrogens with one attached hydrogen (secondary N) is 4. The summed E-state index contributed by atoms with van der Waals surface area (Å²) in [5.74, 6) is 1.50. The summed E-state index contributed by atoms with van der Waals surface area (Å²) in [6.45, 7) is 18.2. The number of hydrogen-bond acceptors (Lipinski definition) is 13. The van der Waals surface area contributed by atoms with Crippen molar-refractivity contribution in [3.8, 4) is 0 Å². The Morgan fingerprint density at radius 2 is 1.01 bits per heavy atom. The van der Waals surface area contributed by atoms with Crippen LogP contribution in [-0.4, -0.2) is 60.3 Å². The van der Waals surface area contributed by atoms with E-state index in [1.165, 1.54) is 71.8 Å². The van der Waals surface area contributed by atoms with Crippen LogP contribution in [0, 0.1) is 62.3 Å². The summed E-state index contributed by atoms with van der Waals surface area (Å²) in [5, 5.41) is 19.2. The summed E-state index contributed by atoms with van der Waals surface area (Å²) in [7, 11) is 0. The second kappa shape index (κ2) is 27.3. The lowest BCUT2D eigenvalue weighted by Gasteiger charge is -1.97. The van der Waals surface area contributed by atoms with Crippen LogP contribution in [0.5, 0.6) is 0 Å². The molecule has 9 heterocycles. The van der Waals surface area contributed by atoms with Gasteiger partial charge in [-0.05, 0) is 162 Å². The Morgan fingerprint density at radius 1 is 0.403 bits per heavy atom. The molecule has 0 amide bonds. The molecule has 0 saturated heterocycles. The van der Waals surface area contributed by atoms with Gasteiger partial charge in [0.05, 0.1) is 23.4 Å². The van der Waals surface area contributed by atoms with Gasteiger partial charge in [-0.25, -0.2) is 29.9 Å². The number of aromatic nitrogens is 12. The molecular weight excluding hydrogens is 917 g/mol. The third-order valence-corrected chi connectivity index (χ3v) is 11.1. The molecule has 12 N–H and O–H groups in total. The average Bonchev–Trinajstić information content (AvgIpc) is 4.24. The van der Waals surface area contributed by atoms with E-state index in [4.69, 9.17) is 22.9 Å². The first kappa shape index (κ1) is 54.0. The van der Waals surface area contributed by atoms with E-state index < -0.39 is 0 Å². The summed E-state index contributed by atoms with van der Waals surface area (Å²) in [5.41, 5.74) is 35.2. The van der Waals surface area contributed by atoms with Crippen LogP contribution in [0.2, 0.25) is 0 Å². The molecule has 9 aromatic heterocycles. The van der Waals surface area contributed by atoms with E-state index in [-0.39, 0.29) is 0 Å². The quantitative estimate of drug-likeness (QED) is 0.0705. The first-order valence-corrected chi connectivity index (χ1v) is 23.7. The summed E-state index contributed by atoms with van der Waals surface area (Å²) < 4.78 is 0. The zero-order valence-electron chi connectivity index (χ0n) is 42.2. The number of aryl methyl sites for hydroxylation is 9. The number of anilines is 4. The number of fused-ring (bicyclic) bond motifs is 4. The lowest BCUT2D eigenvalue weighted by molar-refractivity contribution is 1.12. The molecule has 0 saturated carbocycles. The van der Waals surface area contributed by atoms with Gasteiger partial charge in [0.1, 0.15) is 17.3 Å². The van der Waals surface area contributed by atoms with Crippen molar-refractivity contribution in [2.24, 2.45) is 0 Å². The predicted octanol–water partition coefficient (Wildman–Crippen LogP) is 11.7. The Labute approximate surface area is 423 Å². The van der Waals surface area contributed by atoms with Crippen LogP contribution in [0.15, 0.2) is 153 Å². The maximum Gasteiger partial charge on any atom is 0.219 e. The largest absolute Gasteiger partial charge is 0.384 e. The Morgan fingerprint density at radius 3 is 1.62 bits per heavy atom. The van der Waals surface area contributed by atoms with Crippen LogP contribution >= 0.6 is 11.3 Å². The van der Waals surface area contributed by atoms with Gasteiger partial charge < -0.3 is 32.9 Å². The number of H-pyrrole nitrogens is 4. The number of thiazole rings is 1. The summed E-state index contributed by atoms with van der Waals surface area (Å²) in [6.07, 6.45) is 18.1. The van der Waals surface area contributed by atoms with E-state index >= 15 is 0 Å². The topological polar surface area (TPSA) is 270 Å². The minimum absolute atomic E-state index is 0.329. The van der Waals surface area contributed by atoms with Crippen LogP contribution in [0.4, 0.5) is 22.7 Å². The average molecular weight is 981 g/mol. The Hall–Kier alpha value is -8.96. The minimum atomic E-state index is 0.329. The molecule has 0 unspecified atom stereocenters. The maximum absolute atomic E-state index is 5.42. The highest BCUT2D eigenvalue weighted by molar-refractivity contribution is 7.15. The Balaban J connectivity index is 0.000000153. The number of hydrogen-bond donors (Lipinski definition) is 8. The predicted molar refractivity (Wildman–Crippen MR) is 299 cm³/mol. The second-order valence-corrected chi connectivity index (χ2v) is 18.0. The van der Waals surface area contributed by atoms with Crippen LogP contribution in [0.1, 0.15) is 49.4 Å². The lowest BCUT2D eigenvalue weighted by Crippen LogP contribution is -1.92. The van der Waals surface area contributed by atoms with Gasteiger partial charge in [0.2, 0.25) is 5.95 Å². The molecule has 0 fully saturated rings. The van der Waals surface area contributed by atoms with Crippen LogP contribution in [-0.2, 0) is 0 Å². The molecule has 72 heavy (non-hydrogen) atoms. The zero-order valence-corrected chi connectivity index (χ0v) is 43.0. The molecule has 16 nitrogen and oxygen atoms in total. The first-order valence-electron chi connectivity index (χ1n) is 22.8. The van der Waals surface area contributed by atoms with E-state index in [1.807, 2.05) is 109 Å². The Kier molecular flexibility index (Phi) is 20.5. The van der Waals surface area contributed by atoms with Crippen molar-refractivity contribution in [1.82, 2.24) is 60.3 Å². The second-order valence-electron chi connectivity index (χ2n) is 16.7. The van der Waals surface area contributed by atoms with Crippen molar-refractivity contribution in [2.75, 3.05) is 22.9 Å². The van der Waals surface area contributed by atoms with Crippen LogP contribution in [0.3, 0.4) is 0 Å². The molecule has 370 valence electrons. The monoisotopic (exact) mass is 981 g/mol. The fraction of sp³-hybridized carbons (Fsp3) is 0.164. The van der Waals surface area contributed by atoms with Gasteiger partial charge in [0, 0.05) is 76.1 Å². The van der Waals surface area contributed by atoms with Gasteiger partial charge in [-0.3, -0.25) is 10.2 Å². The van der Waals surface area contributed by atoms with E-state index in [0.717, 1.165) is 32.7 Å². The third-order valence-electron chi connectivity index (χ3n) is 10.3. The molecule has 0 aliphatic heterocycles. The minimum Gasteiger partial charge on any atom is -0.384 e. The van der Waals surface area contributed by atoms with Crippen molar-refractivity contribution in [3.05, 3.63) is 202 Å². The molecular formula is C55H64N16S. The van der Waals surface area contributed by atoms with Crippen molar-refractivity contribution in [1.29, 1.82) is 0 Å². The standard InChI is InChI=1S/C9H9N.3C8H8N2.C7H10N2.C6H8N2.C5H7N3.C4H6N2S/c1-7-2-3-9-8(6-7)4-5-10-9;1-6-4-7-2-3-9-8(7)10-5-6;1-6-2-3-8-7(4-6)5-9-10-8;1-6-3-2-4-8-7(6)5-9-10-8;1-5-3-7(8)9-4-6(5)2;1-5-2-3-6(7)8-4-5;1-4-2-7-5(6)8-3-4;1-3-2-6-4(5)7-3/h2-6,10H,1H3;3*2-5H,1H3,(H,9,10);3-4H,1-2H3,(H2,8,9);2-4H,1H3,(H2,7,8);2-3H,1H3,(H2,6,7,8);2H,1H3,(H2,5,6). The van der Waals surface area contributed by atoms with Gasteiger partial charge in [0.25, 0.3) is 0 Å². The normalized spacial score (nSPS) is 9.96. The number of rotatable bonds is 0. The molecule has 17 heteroatoms. The smallest absolute Gasteiger partial charge is 0.219 e. The van der Waals surface area contributed by atoms with E-state index in [1.54, 1.807) is 37.1 Å². The molecule has 0 bridgehead atoms. The maximum atomic E-state index is 5.42. The lowest BCUT2D eigenvalue weighted by atomic mass is 10.2. The number of pyridine rings is 3. The molecule has 12 rings (SSSR count). The third kappa shape index (κ3) is 18.2. The highest BCUT2D eigenvalue weighted by Crippen LogP contribution is 2.16. The van der Waals surface area contributed by atoms with Crippen molar-refractivity contribution in [2.45, 2.75) is 62.3 Å². The molecule has 0 aliphatic rings. The SMILES string of the molecule is Cc1ccc(N)nc1.Cc1ccc2[nH]ccc2c1.Cc1ccc2[nH]ncc2c1.Cc1cccc2[nH]ncc12.Cc1cnc(N)cc1C.Cc1cnc(N)nc1.Cc1cnc(N)s1.Cc1cnc2[nH]ccc2c1. The number of benzene rings is 3. The molecule has 0 atom stereocenters. The number of nitrogens with zero attached hydrogens (tertiary/aromatic N) is 8. The molecule has 3 aromatic carbocycles.